The van der Waals surface area contributed by atoms with E-state index in [-0.39, 0.29) is 0 Å². The molecule has 4 rings (SSSR count). The molecular formula is C20H18ClN5OS. The second-order valence-corrected chi connectivity index (χ2v) is 7.52. The van der Waals surface area contributed by atoms with Crippen LogP contribution in [0.15, 0.2) is 54.9 Å². The molecule has 0 spiro atoms. The minimum absolute atomic E-state index is 0.371. The van der Waals surface area contributed by atoms with E-state index < -0.39 is 0 Å². The lowest BCUT2D eigenvalue weighted by molar-refractivity contribution is 0.414. The average Bonchev–Trinajstić information content (AvgIpc) is 3.13. The first-order valence-corrected chi connectivity index (χ1v) is 9.87. The molecule has 0 saturated heterocycles. The van der Waals surface area contributed by atoms with Gasteiger partial charge in [-0.1, -0.05) is 41.1 Å². The van der Waals surface area contributed by atoms with Crippen LogP contribution in [0.1, 0.15) is 11.1 Å². The van der Waals surface area contributed by atoms with Gasteiger partial charge in [0.1, 0.15) is 16.7 Å². The van der Waals surface area contributed by atoms with Crippen LogP contribution in [0.2, 0.25) is 5.15 Å². The molecule has 2 aromatic carbocycles. The van der Waals surface area contributed by atoms with Crippen LogP contribution in [-0.4, -0.2) is 22.1 Å². The number of hydrogen-bond acceptors (Lipinski definition) is 7. The van der Waals surface area contributed by atoms with Crippen molar-refractivity contribution in [2.75, 3.05) is 17.7 Å². The maximum Gasteiger partial charge on any atom is 0.184 e. The summed E-state index contributed by atoms with van der Waals surface area (Å²) in [6, 6.07) is 14.2. The van der Waals surface area contributed by atoms with Gasteiger partial charge in [-0.25, -0.2) is 9.97 Å². The van der Waals surface area contributed by atoms with E-state index in [2.05, 4.69) is 37.7 Å². The number of halogens is 1. The van der Waals surface area contributed by atoms with Gasteiger partial charge in [0.05, 0.1) is 29.7 Å². The van der Waals surface area contributed by atoms with Crippen molar-refractivity contribution in [2.45, 2.75) is 13.1 Å². The van der Waals surface area contributed by atoms with E-state index in [9.17, 15) is 0 Å². The number of benzene rings is 2. The van der Waals surface area contributed by atoms with Gasteiger partial charge in [-0.05, 0) is 35.4 Å². The molecule has 0 atom stereocenters. The number of anilines is 2. The molecule has 8 heteroatoms. The van der Waals surface area contributed by atoms with E-state index in [0.717, 1.165) is 26.7 Å². The van der Waals surface area contributed by atoms with Crippen molar-refractivity contribution in [3.8, 4) is 5.75 Å². The van der Waals surface area contributed by atoms with E-state index in [1.165, 1.54) is 11.8 Å². The minimum Gasteiger partial charge on any atom is -0.497 e. The number of thiazole rings is 1. The van der Waals surface area contributed by atoms with Gasteiger partial charge in [0.25, 0.3) is 0 Å². The smallest absolute Gasteiger partial charge is 0.184 e. The molecule has 0 bridgehead atoms. The first-order chi connectivity index (χ1) is 13.7. The molecule has 0 amide bonds. The molecule has 0 fully saturated rings. The molecule has 0 radical (unpaired) electrons. The van der Waals surface area contributed by atoms with Gasteiger partial charge in [-0.2, -0.15) is 0 Å². The first kappa shape index (κ1) is 18.5. The lowest BCUT2D eigenvalue weighted by Crippen LogP contribution is -2.01. The van der Waals surface area contributed by atoms with Crippen LogP contribution in [0.5, 0.6) is 5.75 Å². The maximum absolute atomic E-state index is 5.86. The fourth-order valence-electron chi connectivity index (χ4n) is 2.70. The van der Waals surface area contributed by atoms with Gasteiger partial charge < -0.3 is 15.4 Å². The van der Waals surface area contributed by atoms with Crippen LogP contribution >= 0.6 is 22.9 Å². The summed E-state index contributed by atoms with van der Waals surface area (Å²) >= 11 is 7.50. The third kappa shape index (κ3) is 4.49. The molecule has 0 saturated carbocycles. The van der Waals surface area contributed by atoms with Crippen molar-refractivity contribution in [1.29, 1.82) is 0 Å². The van der Waals surface area contributed by atoms with Crippen LogP contribution in [-0.2, 0) is 13.1 Å². The fraction of sp³-hybridized carbons (Fsp3) is 0.150. The maximum atomic E-state index is 5.86. The third-order valence-corrected chi connectivity index (χ3v) is 5.29. The molecule has 0 aliphatic rings. The molecule has 0 aliphatic carbocycles. The zero-order chi connectivity index (χ0) is 19.3. The summed E-state index contributed by atoms with van der Waals surface area (Å²) in [5.41, 5.74) is 3.29. The minimum atomic E-state index is 0.371. The van der Waals surface area contributed by atoms with E-state index in [0.29, 0.717) is 24.1 Å². The lowest BCUT2D eigenvalue weighted by atomic mass is 10.2. The largest absolute Gasteiger partial charge is 0.497 e. The SMILES string of the molecule is COc1ccc(CNc2nc3ccc(CNc4cncc(Cl)n4)cc3s2)cc1. The van der Waals surface area contributed by atoms with Crippen LogP contribution in [0, 0.1) is 0 Å². The zero-order valence-corrected chi connectivity index (χ0v) is 16.7. The molecule has 0 unspecified atom stereocenters. The quantitative estimate of drug-likeness (QED) is 0.447. The molecule has 2 N–H and O–H groups in total. The fourth-order valence-corrected chi connectivity index (χ4v) is 3.77. The van der Waals surface area contributed by atoms with Crippen molar-refractivity contribution in [2.24, 2.45) is 0 Å². The van der Waals surface area contributed by atoms with Crippen molar-refractivity contribution >= 4 is 44.1 Å². The summed E-state index contributed by atoms with van der Waals surface area (Å²) in [5, 5.41) is 7.89. The van der Waals surface area contributed by atoms with E-state index in [1.54, 1.807) is 24.6 Å². The Morgan fingerprint density at radius 1 is 0.964 bits per heavy atom. The molecule has 4 aromatic rings. The Kier molecular flexibility index (Phi) is 5.55. The third-order valence-electron chi connectivity index (χ3n) is 4.13. The number of ether oxygens (including phenoxy) is 1. The van der Waals surface area contributed by atoms with Crippen molar-refractivity contribution < 1.29 is 4.74 Å². The van der Waals surface area contributed by atoms with E-state index >= 15 is 0 Å². The lowest BCUT2D eigenvalue weighted by Gasteiger charge is -2.05. The highest BCUT2D eigenvalue weighted by molar-refractivity contribution is 7.22. The summed E-state index contributed by atoms with van der Waals surface area (Å²) in [7, 11) is 1.67. The van der Waals surface area contributed by atoms with Crippen LogP contribution in [0.3, 0.4) is 0 Å². The molecule has 2 heterocycles. The highest BCUT2D eigenvalue weighted by Gasteiger charge is 2.06. The summed E-state index contributed by atoms with van der Waals surface area (Å²) in [4.78, 5) is 12.9. The molecule has 6 nitrogen and oxygen atoms in total. The van der Waals surface area contributed by atoms with Gasteiger partial charge in [-0.15, -0.1) is 0 Å². The second kappa shape index (κ2) is 8.41. The predicted octanol–water partition coefficient (Wildman–Crippen LogP) is 4.97. The Morgan fingerprint density at radius 2 is 1.75 bits per heavy atom. The topological polar surface area (TPSA) is 72.0 Å². The number of fused-ring (bicyclic) bond motifs is 1. The standard InChI is InChI=1S/C20H18ClN5OS/c1-27-15-5-2-13(3-6-15)9-24-20-25-16-7-4-14(8-17(16)28-20)10-23-19-12-22-11-18(21)26-19/h2-8,11-12H,9-10H2,1H3,(H,23,26)(H,24,25). The van der Waals surface area contributed by atoms with Crippen molar-refractivity contribution in [1.82, 2.24) is 15.0 Å². The predicted molar refractivity (Wildman–Crippen MR) is 114 cm³/mol. The highest BCUT2D eigenvalue weighted by atomic mass is 35.5. The Bertz CT molecular complexity index is 1080. The Balaban J connectivity index is 1.40. The number of methoxy groups -OCH3 is 1. The zero-order valence-electron chi connectivity index (χ0n) is 15.1. The number of aromatic nitrogens is 3. The Morgan fingerprint density at radius 3 is 2.54 bits per heavy atom. The summed E-state index contributed by atoms with van der Waals surface area (Å²) in [6.07, 6.45) is 3.16. The Hall–Kier alpha value is -2.90. The van der Waals surface area contributed by atoms with Crippen LogP contribution < -0.4 is 15.4 Å². The number of hydrogen-bond donors (Lipinski definition) is 2. The molecule has 0 aliphatic heterocycles. The molecule has 142 valence electrons. The van der Waals surface area contributed by atoms with Crippen molar-refractivity contribution in [3.63, 3.8) is 0 Å². The number of rotatable bonds is 7. The van der Waals surface area contributed by atoms with Gasteiger partial charge >= 0.3 is 0 Å². The van der Waals surface area contributed by atoms with Gasteiger partial charge in [0.2, 0.25) is 0 Å². The first-order valence-electron chi connectivity index (χ1n) is 8.67. The Labute approximate surface area is 171 Å². The number of nitrogens with one attached hydrogen (secondary N) is 2. The van der Waals surface area contributed by atoms with E-state index in [4.69, 9.17) is 16.3 Å². The second-order valence-electron chi connectivity index (χ2n) is 6.10. The van der Waals surface area contributed by atoms with Gasteiger partial charge in [0.15, 0.2) is 5.13 Å². The molecule has 2 aromatic heterocycles. The highest BCUT2D eigenvalue weighted by Crippen LogP contribution is 2.27. The summed E-state index contributed by atoms with van der Waals surface area (Å²) in [5.74, 6) is 1.51. The molecule has 28 heavy (non-hydrogen) atoms. The number of nitrogens with zero attached hydrogens (tertiary/aromatic N) is 3. The van der Waals surface area contributed by atoms with Gasteiger partial charge in [0, 0.05) is 13.1 Å². The van der Waals surface area contributed by atoms with Crippen LogP contribution in [0.4, 0.5) is 10.9 Å². The van der Waals surface area contributed by atoms with E-state index in [1.807, 2.05) is 30.3 Å². The van der Waals surface area contributed by atoms with Gasteiger partial charge in [-0.3, -0.25) is 4.98 Å². The van der Waals surface area contributed by atoms with Crippen molar-refractivity contribution in [3.05, 3.63) is 71.1 Å². The van der Waals surface area contributed by atoms with Crippen LogP contribution in [0.25, 0.3) is 10.2 Å². The molecular weight excluding hydrogens is 394 g/mol. The summed E-state index contributed by atoms with van der Waals surface area (Å²) < 4.78 is 6.32. The average molecular weight is 412 g/mol. The normalized spacial score (nSPS) is 10.8. The monoisotopic (exact) mass is 411 g/mol. The summed E-state index contributed by atoms with van der Waals surface area (Å²) in [6.45, 7) is 1.35.